The van der Waals surface area contributed by atoms with Gasteiger partial charge < -0.3 is 24.7 Å². The van der Waals surface area contributed by atoms with Crippen molar-refractivity contribution in [2.75, 3.05) is 19.0 Å². The fourth-order valence-corrected chi connectivity index (χ4v) is 2.07. The second kappa shape index (κ2) is 8.89. The number of rotatable bonds is 7. The van der Waals surface area contributed by atoms with E-state index in [4.69, 9.17) is 9.47 Å². The van der Waals surface area contributed by atoms with Crippen molar-refractivity contribution in [3.63, 3.8) is 0 Å². The van der Waals surface area contributed by atoms with E-state index in [2.05, 4.69) is 5.32 Å². The lowest BCUT2D eigenvalue weighted by Crippen LogP contribution is -2.29. The molecule has 2 aromatic carbocycles. The monoisotopic (exact) mass is 351 g/mol. The van der Waals surface area contributed by atoms with Crippen LogP contribution < -0.4 is 19.9 Å². The molecule has 1 amide bonds. The number of carbonyl (C=O) groups excluding carboxylic acids is 2. The maximum atomic E-state index is 12.2. The van der Waals surface area contributed by atoms with Gasteiger partial charge in [-0.05, 0) is 35.9 Å². The van der Waals surface area contributed by atoms with Gasteiger partial charge in [-0.15, -0.1) is 0 Å². The molecule has 0 aliphatic heterocycles. The molecule has 0 aromatic heterocycles. The first kappa shape index (κ1) is 18.5. The van der Waals surface area contributed by atoms with E-state index >= 15 is 0 Å². The van der Waals surface area contributed by atoms with Crippen LogP contribution in [-0.2, 0) is 9.59 Å². The van der Waals surface area contributed by atoms with Crippen LogP contribution in [0.15, 0.2) is 54.1 Å². The van der Waals surface area contributed by atoms with Crippen molar-refractivity contribution in [3.05, 3.63) is 59.7 Å². The average Bonchev–Trinajstić information content (AvgIpc) is 2.65. The summed E-state index contributed by atoms with van der Waals surface area (Å²) in [5.41, 5.74) is 0.990. The molecule has 0 atom stereocenters. The van der Waals surface area contributed by atoms with E-state index in [1.165, 1.54) is 25.3 Å². The summed E-state index contributed by atoms with van der Waals surface area (Å²) in [7, 11) is 1.39. The molecule has 0 aliphatic rings. The number of amides is 1. The van der Waals surface area contributed by atoms with Crippen molar-refractivity contribution in [3.8, 4) is 17.6 Å². The Morgan fingerprint density at radius 2 is 1.92 bits per heavy atom. The van der Waals surface area contributed by atoms with Crippen molar-refractivity contribution in [2.24, 2.45) is 0 Å². The van der Waals surface area contributed by atoms with Gasteiger partial charge in [0.05, 0.1) is 13.1 Å². The molecule has 7 heteroatoms. The van der Waals surface area contributed by atoms with E-state index in [1.807, 2.05) is 12.1 Å². The van der Waals surface area contributed by atoms with Crippen molar-refractivity contribution >= 4 is 23.6 Å². The summed E-state index contributed by atoms with van der Waals surface area (Å²) in [6.07, 6.45) is 1.39. The van der Waals surface area contributed by atoms with E-state index in [1.54, 1.807) is 30.3 Å². The zero-order chi connectivity index (χ0) is 18.9. The standard InChI is InChI=1S/C19H16N2O5/c1-25-17-10-13(7-8-16(17)26-12-18(22)23)9-14(11-20)19(24)21-15-5-3-2-4-6-15/h2-10H,12H2,1H3,(H,21,24)(H,22,23)/p-1/b14-9-. The molecule has 1 N–H and O–H groups in total. The van der Waals surface area contributed by atoms with E-state index < -0.39 is 18.5 Å². The van der Waals surface area contributed by atoms with Gasteiger partial charge in [0, 0.05) is 5.69 Å². The summed E-state index contributed by atoms with van der Waals surface area (Å²) >= 11 is 0. The Bertz CT molecular complexity index is 869. The molecule has 0 radical (unpaired) electrons. The Morgan fingerprint density at radius 1 is 1.19 bits per heavy atom. The number of para-hydroxylation sites is 1. The molecular weight excluding hydrogens is 336 g/mol. The number of nitrogens with one attached hydrogen (secondary N) is 1. The third kappa shape index (κ3) is 5.11. The van der Waals surface area contributed by atoms with Gasteiger partial charge in [-0.2, -0.15) is 5.26 Å². The van der Waals surface area contributed by atoms with Crippen LogP contribution in [0, 0.1) is 11.3 Å². The van der Waals surface area contributed by atoms with Gasteiger partial charge in [0.25, 0.3) is 5.91 Å². The first-order valence-electron chi connectivity index (χ1n) is 7.52. The Morgan fingerprint density at radius 3 is 2.54 bits per heavy atom. The number of hydrogen-bond acceptors (Lipinski definition) is 6. The normalized spacial score (nSPS) is 10.5. The van der Waals surface area contributed by atoms with Gasteiger partial charge in [0.15, 0.2) is 11.5 Å². The third-order valence-electron chi connectivity index (χ3n) is 3.24. The predicted octanol–water partition coefficient (Wildman–Crippen LogP) is 1.37. The Kier molecular flexibility index (Phi) is 6.34. The van der Waals surface area contributed by atoms with Crippen LogP contribution in [0.4, 0.5) is 5.69 Å². The fraction of sp³-hybridized carbons (Fsp3) is 0.105. The van der Waals surface area contributed by atoms with Crippen LogP contribution in [0.25, 0.3) is 6.08 Å². The molecule has 7 nitrogen and oxygen atoms in total. The maximum absolute atomic E-state index is 12.2. The quantitative estimate of drug-likeness (QED) is 0.596. The fourth-order valence-electron chi connectivity index (χ4n) is 2.07. The predicted molar refractivity (Wildman–Crippen MR) is 92.2 cm³/mol. The number of nitriles is 1. The highest BCUT2D eigenvalue weighted by Crippen LogP contribution is 2.29. The van der Waals surface area contributed by atoms with Gasteiger partial charge in [-0.25, -0.2) is 0 Å². The van der Waals surface area contributed by atoms with Crippen molar-refractivity contribution in [1.82, 2.24) is 0 Å². The van der Waals surface area contributed by atoms with Crippen LogP contribution in [-0.4, -0.2) is 25.6 Å². The molecule has 0 aliphatic carbocycles. The number of aliphatic carboxylic acids is 1. The van der Waals surface area contributed by atoms with E-state index in [9.17, 15) is 20.0 Å². The van der Waals surface area contributed by atoms with Crippen LogP contribution in [0.5, 0.6) is 11.5 Å². The minimum atomic E-state index is -1.36. The topological polar surface area (TPSA) is 111 Å². The largest absolute Gasteiger partial charge is 0.546 e. The number of carboxylic acid groups (broad SMARTS) is 1. The van der Waals surface area contributed by atoms with Crippen LogP contribution in [0.1, 0.15) is 5.56 Å². The number of methoxy groups -OCH3 is 1. The molecule has 2 aromatic rings. The molecule has 0 fully saturated rings. The number of hydrogen-bond donors (Lipinski definition) is 1. The summed E-state index contributed by atoms with van der Waals surface area (Å²) in [5.74, 6) is -1.43. The summed E-state index contributed by atoms with van der Waals surface area (Å²) in [5, 5.41) is 22.4. The van der Waals surface area contributed by atoms with Crippen LogP contribution >= 0.6 is 0 Å². The highest BCUT2D eigenvalue weighted by molar-refractivity contribution is 6.09. The zero-order valence-corrected chi connectivity index (χ0v) is 13.9. The van der Waals surface area contributed by atoms with E-state index in [0.29, 0.717) is 11.3 Å². The number of nitrogens with zero attached hydrogens (tertiary/aromatic N) is 1. The molecule has 0 bridgehead atoms. The highest BCUT2D eigenvalue weighted by atomic mass is 16.5. The maximum Gasteiger partial charge on any atom is 0.266 e. The van der Waals surface area contributed by atoms with Crippen molar-refractivity contribution in [1.29, 1.82) is 5.26 Å². The Labute approximate surface area is 150 Å². The molecule has 0 unspecified atom stereocenters. The molecule has 0 spiro atoms. The minimum absolute atomic E-state index is 0.0979. The lowest BCUT2D eigenvalue weighted by molar-refractivity contribution is -0.307. The zero-order valence-electron chi connectivity index (χ0n) is 13.9. The van der Waals surface area contributed by atoms with Crippen molar-refractivity contribution < 1.29 is 24.2 Å². The summed E-state index contributed by atoms with van der Waals surface area (Å²) < 4.78 is 10.2. The summed E-state index contributed by atoms with van der Waals surface area (Å²) in [6, 6.07) is 15.2. The highest BCUT2D eigenvalue weighted by Gasteiger charge is 2.11. The molecular formula is C19H15N2O5-. The first-order valence-corrected chi connectivity index (χ1v) is 7.52. The number of anilines is 1. The number of benzene rings is 2. The van der Waals surface area contributed by atoms with Gasteiger partial charge in [0.2, 0.25) is 0 Å². The SMILES string of the molecule is COc1cc(/C=C(/C#N)C(=O)Nc2ccccc2)ccc1OCC(=O)[O-]. The van der Waals surface area contributed by atoms with Gasteiger partial charge >= 0.3 is 0 Å². The molecule has 2 rings (SSSR count). The van der Waals surface area contributed by atoms with Crippen LogP contribution in [0.3, 0.4) is 0 Å². The van der Waals surface area contributed by atoms with Crippen LogP contribution in [0.2, 0.25) is 0 Å². The first-order chi connectivity index (χ1) is 12.5. The lowest BCUT2D eigenvalue weighted by atomic mass is 10.1. The smallest absolute Gasteiger partial charge is 0.266 e. The van der Waals surface area contributed by atoms with E-state index in [0.717, 1.165) is 0 Å². The van der Waals surface area contributed by atoms with Gasteiger partial charge in [-0.3, -0.25) is 4.79 Å². The van der Waals surface area contributed by atoms with Gasteiger partial charge in [0.1, 0.15) is 18.2 Å². The van der Waals surface area contributed by atoms with E-state index in [-0.39, 0.29) is 17.1 Å². The number of carbonyl (C=O) groups is 2. The second-order valence-corrected chi connectivity index (χ2v) is 5.06. The Hall–Kier alpha value is -3.79. The summed E-state index contributed by atoms with van der Waals surface area (Å²) in [4.78, 5) is 22.7. The van der Waals surface area contributed by atoms with Gasteiger partial charge in [-0.1, -0.05) is 24.3 Å². The summed E-state index contributed by atoms with van der Waals surface area (Å²) in [6.45, 7) is -0.617. The molecule has 132 valence electrons. The number of carboxylic acids is 1. The molecule has 0 heterocycles. The van der Waals surface area contributed by atoms with Crippen molar-refractivity contribution in [2.45, 2.75) is 0 Å². The third-order valence-corrected chi connectivity index (χ3v) is 3.24. The lowest BCUT2D eigenvalue weighted by Gasteiger charge is -2.11. The Balaban J connectivity index is 2.21. The molecule has 26 heavy (non-hydrogen) atoms. The minimum Gasteiger partial charge on any atom is -0.546 e. The molecule has 0 saturated heterocycles. The number of ether oxygens (including phenoxy) is 2. The second-order valence-electron chi connectivity index (χ2n) is 5.06. The average molecular weight is 351 g/mol. The molecule has 0 saturated carbocycles.